The molecule has 0 amide bonds. The summed E-state index contributed by atoms with van der Waals surface area (Å²) in [6, 6.07) is 13.7. The number of pyridine rings is 1. The van der Waals surface area contributed by atoms with E-state index < -0.39 is 12.4 Å². The topological polar surface area (TPSA) is 48.2 Å². The molecule has 4 aromatic rings. The fraction of sp³-hybridized carbons (Fsp3) is 0.208. The standard InChI is InChI=1S/C24H22FN3O2/c1-27-22-8-10-26-14-21(22)20-7-6-18(12-23(20)27)28-11-9-19(13-24(28)29)30-15-16-2-4-17(25)5-3-16/h2-7,9,11-13,26H,8,10,14-15H2,1H3/i15D2. The minimum absolute atomic E-state index is 0.0991. The molecule has 0 fully saturated rings. The molecule has 2 aromatic heterocycles. The molecule has 5 nitrogen and oxygen atoms in total. The molecule has 0 unspecified atom stereocenters. The van der Waals surface area contributed by atoms with Crippen LogP contribution >= 0.6 is 0 Å². The van der Waals surface area contributed by atoms with Crippen LogP contribution in [0, 0.1) is 5.82 Å². The van der Waals surface area contributed by atoms with E-state index >= 15 is 0 Å². The van der Waals surface area contributed by atoms with E-state index in [0.29, 0.717) is 0 Å². The molecule has 0 saturated carbocycles. The monoisotopic (exact) mass is 405 g/mol. The van der Waals surface area contributed by atoms with E-state index in [1.165, 1.54) is 51.5 Å². The minimum Gasteiger partial charge on any atom is -0.489 e. The molecule has 0 saturated heterocycles. The third-order valence-corrected chi connectivity index (χ3v) is 5.56. The summed E-state index contributed by atoms with van der Waals surface area (Å²) < 4.78 is 38.6. The molecule has 0 bridgehead atoms. The van der Waals surface area contributed by atoms with Gasteiger partial charge in [0, 0.05) is 49.9 Å². The number of nitrogens with one attached hydrogen (secondary N) is 1. The zero-order chi connectivity index (χ0) is 22.5. The normalized spacial score (nSPS) is 14.9. The van der Waals surface area contributed by atoms with E-state index in [9.17, 15) is 9.18 Å². The summed E-state index contributed by atoms with van der Waals surface area (Å²) in [5.41, 5.74) is 4.24. The molecule has 2 aromatic carbocycles. The lowest BCUT2D eigenvalue weighted by Gasteiger charge is -2.14. The van der Waals surface area contributed by atoms with Gasteiger partial charge in [-0.05, 0) is 41.5 Å². The van der Waals surface area contributed by atoms with Crippen LogP contribution in [0.1, 0.15) is 19.6 Å². The van der Waals surface area contributed by atoms with Crippen molar-refractivity contribution in [1.29, 1.82) is 0 Å². The van der Waals surface area contributed by atoms with Crippen LogP contribution in [-0.2, 0) is 26.6 Å². The predicted octanol–water partition coefficient (Wildman–Crippen LogP) is 3.69. The van der Waals surface area contributed by atoms with Crippen LogP contribution in [0.4, 0.5) is 4.39 Å². The molecule has 5 rings (SSSR count). The van der Waals surface area contributed by atoms with Crippen molar-refractivity contribution in [2.24, 2.45) is 7.05 Å². The average molecular weight is 405 g/mol. The summed E-state index contributed by atoms with van der Waals surface area (Å²) in [6.07, 6.45) is 2.54. The van der Waals surface area contributed by atoms with E-state index in [4.69, 9.17) is 7.48 Å². The first-order valence-corrected chi connectivity index (χ1v) is 9.82. The number of fused-ring (bicyclic) bond motifs is 3. The van der Waals surface area contributed by atoms with Gasteiger partial charge in [0.2, 0.25) is 0 Å². The van der Waals surface area contributed by atoms with Gasteiger partial charge in [0.25, 0.3) is 5.56 Å². The van der Waals surface area contributed by atoms with E-state index in [-0.39, 0.29) is 16.9 Å². The first-order chi connectivity index (χ1) is 15.3. The summed E-state index contributed by atoms with van der Waals surface area (Å²) in [7, 11) is 2.05. The van der Waals surface area contributed by atoms with Gasteiger partial charge in [0.05, 0.1) is 13.9 Å². The Bertz CT molecular complexity index is 1380. The maximum Gasteiger partial charge on any atom is 0.258 e. The van der Waals surface area contributed by atoms with Crippen molar-refractivity contribution in [3.05, 3.63) is 93.8 Å². The van der Waals surface area contributed by atoms with Crippen molar-refractivity contribution in [3.63, 3.8) is 0 Å². The van der Waals surface area contributed by atoms with Crippen LogP contribution in [0.2, 0.25) is 0 Å². The number of hydrogen-bond acceptors (Lipinski definition) is 3. The summed E-state index contributed by atoms with van der Waals surface area (Å²) in [6.45, 7) is -0.411. The molecule has 152 valence electrons. The van der Waals surface area contributed by atoms with Crippen LogP contribution in [-0.4, -0.2) is 15.7 Å². The second-order valence-corrected chi connectivity index (χ2v) is 7.39. The number of aromatic nitrogens is 2. The van der Waals surface area contributed by atoms with Gasteiger partial charge in [0.1, 0.15) is 18.1 Å². The second kappa shape index (κ2) is 7.46. The Balaban J connectivity index is 1.47. The molecular weight excluding hydrogens is 381 g/mol. The lowest BCUT2D eigenvalue weighted by Crippen LogP contribution is -2.24. The van der Waals surface area contributed by atoms with Gasteiger partial charge in [-0.15, -0.1) is 0 Å². The molecular formula is C24H22FN3O2. The fourth-order valence-corrected chi connectivity index (χ4v) is 4.02. The molecule has 0 radical (unpaired) electrons. The molecule has 1 aliphatic heterocycles. The van der Waals surface area contributed by atoms with Gasteiger partial charge in [0.15, 0.2) is 0 Å². The van der Waals surface area contributed by atoms with Crippen LogP contribution in [0.5, 0.6) is 5.75 Å². The third-order valence-electron chi connectivity index (χ3n) is 5.56. The smallest absolute Gasteiger partial charge is 0.258 e. The van der Waals surface area contributed by atoms with Gasteiger partial charge in [-0.1, -0.05) is 18.2 Å². The highest BCUT2D eigenvalue weighted by Gasteiger charge is 2.18. The maximum absolute atomic E-state index is 13.1. The van der Waals surface area contributed by atoms with Gasteiger partial charge in [-0.25, -0.2) is 4.39 Å². The highest BCUT2D eigenvalue weighted by molar-refractivity contribution is 5.87. The zero-order valence-electron chi connectivity index (χ0n) is 18.5. The SMILES string of the molecule is [2H]C([2H])(Oc1ccn(-c2ccc3c4c(n(C)c3c2)CCNC4)c(=O)c1)c1ccc(F)cc1. The summed E-state index contributed by atoms with van der Waals surface area (Å²) in [5, 5.41) is 4.59. The number of nitrogens with zero attached hydrogens (tertiary/aromatic N) is 2. The Hall–Kier alpha value is -3.38. The van der Waals surface area contributed by atoms with Crippen molar-refractivity contribution < 1.29 is 11.9 Å². The molecule has 3 heterocycles. The largest absolute Gasteiger partial charge is 0.489 e. The Morgan fingerprint density at radius 1 is 1.17 bits per heavy atom. The minimum atomic E-state index is -2.21. The first kappa shape index (κ1) is 16.4. The van der Waals surface area contributed by atoms with Crippen molar-refractivity contribution in [2.75, 3.05) is 6.54 Å². The quantitative estimate of drug-likeness (QED) is 0.563. The Labute approximate surface area is 176 Å². The molecule has 1 aliphatic rings. The van der Waals surface area contributed by atoms with Crippen molar-refractivity contribution in [1.82, 2.24) is 14.5 Å². The molecule has 30 heavy (non-hydrogen) atoms. The van der Waals surface area contributed by atoms with Gasteiger partial charge >= 0.3 is 0 Å². The van der Waals surface area contributed by atoms with Crippen LogP contribution in [0.15, 0.2) is 65.6 Å². The number of hydrogen-bond donors (Lipinski definition) is 1. The predicted molar refractivity (Wildman–Crippen MR) is 115 cm³/mol. The summed E-state index contributed by atoms with van der Waals surface area (Å²) in [5.74, 6) is -0.360. The van der Waals surface area contributed by atoms with E-state index in [0.717, 1.165) is 30.7 Å². The summed E-state index contributed by atoms with van der Waals surface area (Å²) in [4.78, 5) is 12.8. The molecule has 1 N–H and O–H groups in total. The van der Waals surface area contributed by atoms with E-state index in [1.54, 1.807) is 12.3 Å². The Morgan fingerprint density at radius 3 is 2.80 bits per heavy atom. The first-order valence-electron chi connectivity index (χ1n) is 10.8. The van der Waals surface area contributed by atoms with E-state index in [2.05, 4.69) is 9.88 Å². The third kappa shape index (κ3) is 3.29. The van der Waals surface area contributed by atoms with Crippen molar-refractivity contribution in [3.8, 4) is 11.4 Å². The summed E-state index contributed by atoms with van der Waals surface area (Å²) >= 11 is 0. The second-order valence-electron chi connectivity index (χ2n) is 7.39. The number of rotatable bonds is 4. The Morgan fingerprint density at radius 2 is 2.00 bits per heavy atom. The van der Waals surface area contributed by atoms with E-state index in [1.807, 2.05) is 25.2 Å². The van der Waals surface area contributed by atoms with Crippen LogP contribution < -0.4 is 15.6 Å². The lowest BCUT2D eigenvalue weighted by atomic mass is 10.1. The van der Waals surface area contributed by atoms with Crippen LogP contribution in [0.3, 0.4) is 0 Å². The average Bonchev–Trinajstić information content (AvgIpc) is 3.06. The van der Waals surface area contributed by atoms with Gasteiger partial charge < -0.3 is 14.6 Å². The van der Waals surface area contributed by atoms with Crippen molar-refractivity contribution in [2.45, 2.75) is 19.5 Å². The highest BCUT2D eigenvalue weighted by Crippen LogP contribution is 2.29. The lowest BCUT2D eigenvalue weighted by molar-refractivity contribution is 0.305. The highest BCUT2D eigenvalue weighted by atomic mass is 19.1. The number of halogens is 1. The number of benzene rings is 2. The van der Waals surface area contributed by atoms with Crippen molar-refractivity contribution >= 4 is 10.9 Å². The molecule has 6 heteroatoms. The fourth-order valence-electron chi connectivity index (χ4n) is 4.02. The van der Waals surface area contributed by atoms with Gasteiger partial charge in [-0.2, -0.15) is 0 Å². The number of aryl methyl sites for hydroxylation is 1. The zero-order valence-corrected chi connectivity index (χ0v) is 16.5. The van der Waals surface area contributed by atoms with Gasteiger partial charge in [-0.3, -0.25) is 9.36 Å². The number of ether oxygens (including phenoxy) is 1. The molecule has 0 atom stereocenters. The molecule has 0 aliphatic carbocycles. The van der Waals surface area contributed by atoms with Crippen LogP contribution in [0.25, 0.3) is 16.6 Å². The molecule has 0 spiro atoms. The maximum atomic E-state index is 13.1. The Kier molecular flexibility index (Phi) is 4.08.